The second-order valence-electron chi connectivity index (χ2n) is 9.01. The van der Waals surface area contributed by atoms with Crippen molar-refractivity contribution in [1.82, 2.24) is 14.3 Å². The van der Waals surface area contributed by atoms with Gasteiger partial charge in [-0.2, -0.15) is 4.31 Å². The molecule has 7 nitrogen and oxygen atoms in total. The van der Waals surface area contributed by atoms with Gasteiger partial charge in [-0.3, -0.25) is 4.98 Å². The van der Waals surface area contributed by atoms with Gasteiger partial charge in [0, 0.05) is 24.2 Å². The molecular formula is C27H25FN4O3S. The van der Waals surface area contributed by atoms with Crippen molar-refractivity contribution < 1.29 is 17.9 Å². The SMILES string of the molecule is Cc1ccc(-c2ccc(-c3cnc(N)cn3)c(F)c2)c(S(=O)(=O)N2CCC(O)(c3ccccc3)C2)c1. The number of sulfonamides is 1. The largest absolute Gasteiger partial charge is 0.384 e. The Bertz CT molecular complexity index is 1530. The Balaban J connectivity index is 1.52. The molecule has 4 aromatic rings. The van der Waals surface area contributed by atoms with Crippen LogP contribution >= 0.6 is 0 Å². The first-order valence-corrected chi connectivity index (χ1v) is 12.9. The van der Waals surface area contributed by atoms with Crippen LogP contribution in [0.15, 0.2) is 84.0 Å². The molecule has 36 heavy (non-hydrogen) atoms. The van der Waals surface area contributed by atoms with Gasteiger partial charge in [-0.25, -0.2) is 17.8 Å². The number of anilines is 1. The van der Waals surface area contributed by atoms with Gasteiger partial charge in [0.05, 0.1) is 23.0 Å². The Morgan fingerprint density at radius 1 is 1.00 bits per heavy atom. The van der Waals surface area contributed by atoms with Crippen molar-refractivity contribution in [2.24, 2.45) is 0 Å². The maximum Gasteiger partial charge on any atom is 0.243 e. The molecule has 2 heterocycles. The Kier molecular flexibility index (Phi) is 6.07. The van der Waals surface area contributed by atoms with Crippen molar-refractivity contribution in [2.45, 2.75) is 23.8 Å². The molecule has 1 fully saturated rings. The molecule has 0 bridgehead atoms. The van der Waals surface area contributed by atoms with E-state index in [1.807, 2.05) is 18.2 Å². The number of benzene rings is 3. The number of aliphatic hydroxyl groups is 1. The lowest BCUT2D eigenvalue weighted by Crippen LogP contribution is -2.34. The number of hydrogen-bond acceptors (Lipinski definition) is 6. The van der Waals surface area contributed by atoms with Crippen molar-refractivity contribution in [3.8, 4) is 22.4 Å². The van der Waals surface area contributed by atoms with Gasteiger partial charge in [-0.1, -0.05) is 48.5 Å². The van der Waals surface area contributed by atoms with Gasteiger partial charge >= 0.3 is 0 Å². The van der Waals surface area contributed by atoms with E-state index in [0.29, 0.717) is 22.4 Å². The van der Waals surface area contributed by atoms with Crippen molar-refractivity contribution in [3.05, 3.63) is 96.1 Å². The molecule has 0 spiro atoms. The Morgan fingerprint density at radius 2 is 1.75 bits per heavy atom. The Morgan fingerprint density at radius 3 is 2.44 bits per heavy atom. The molecular weight excluding hydrogens is 479 g/mol. The summed E-state index contributed by atoms with van der Waals surface area (Å²) in [4.78, 5) is 8.14. The van der Waals surface area contributed by atoms with E-state index in [1.54, 1.807) is 49.4 Å². The van der Waals surface area contributed by atoms with E-state index in [0.717, 1.165) is 5.56 Å². The number of aromatic nitrogens is 2. The minimum absolute atomic E-state index is 0.0597. The summed E-state index contributed by atoms with van der Waals surface area (Å²) in [5, 5.41) is 11.2. The third kappa shape index (κ3) is 4.37. The fourth-order valence-corrected chi connectivity index (χ4v) is 6.33. The number of nitrogens with zero attached hydrogens (tertiary/aromatic N) is 3. The van der Waals surface area contributed by atoms with Crippen molar-refractivity contribution in [2.75, 3.05) is 18.8 Å². The highest BCUT2D eigenvalue weighted by Crippen LogP contribution is 2.38. The van der Waals surface area contributed by atoms with Crippen LogP contribution < -0.4 is 5.73 Å². The number of nitrogen functional groups attached to an aromatic ring is 1. The van der Waals surface area contributed by atoms with E-state index in [-0.39, 0.29) is 35.8 Å². The van der Waals surface area contributed by atoms with Crippen LogP contribution in [0.3, 0.4) is 0 Å². The zero-order valence-corrected chi connectivity index (χ0v) is 20.4. The quantitative estimate of drug-likeness (QED) is 0.423. The number of aryl methyl sites for hydroxylation is 1. The molecule has 5 rings (SSSR count). The Hall–Kier alpha value is -3.66. The van der Waals surface area contributed by atoms with Gasteiger partial charge in [0.15, 0.2) is 0 Å². The number of nitrogens with two attached hydrogens (primary N) is 1. The smallest absolute Gasteiger partial charge is 0.243 e. The molecule has 1 aromatic heterocycles. The van der Waals surface area contributed by atoms with E-state index in [4.69, 9.17) is 5.73 Å². The highest BCUT2D eigenvalue weighted by Gasteiger charge is 2.43. The Labute approximate surface area is 209 Å². The predicted molar refractivity (Wildman–Crippen MR) is 136 cm³/mol. The minimum Gasteiger partial charge on any atom is -0.384 e. The maximum absolute atomic E-state index is 15.1. The lowest BCUT2D eigenvalue weighted by atomic mass is 9.93. The maximum atomic E-state index is 15.1. The summed E-state index contributed by atoms with van der Waals surface area (Å²) >= 11 is 0. The van der Waals surface area contributed by atoms with Crippen LogP contribution in [0.5, 0.6) is 0 Å². The lowest BCUT2D eigenvalue weighted by Gasteiger charge is -2.24. The average molecular weight is 505 g/mol. The standard InChI is InChI=1S/C27H25FN4O3S/c1-18-7-9-21(19-8-10-22(23(28)14-19)24-15-31-26(29)16-30-24)25(13-18)36(34,35)32-12-11-27(33,17-32)20-5-3-2-4-6-20/h2-10,13-16,33H,11-12,17H2,1H3,(H2,29,31). The first-order valence-electron chi connectivity index (χ1n) is 11.4. The average Bonchev–Trinajstić information content (AvgIpc) is 3.29. The van der Waals surface area contributed by atoms with Crippen molar-refractivity contribution in [3.63, 3.8) is 0 Å². The predicted octanol–water partition coefficient (Wildman–Crippen LogP) is 4.12. The fraction of sp³-hybridized carbons (Fsp3) is 0.185. The van der Waals surface area contributed by atoms with Crippen molar-refractivity contribution >= 4 is 15.8 Å². The number of halogens is 1. The van der Waals surface area contributed by atoms with E-state index in [1.165, 1.54) is 22.8 Å². The topological polar surface area (TPSA) is 109 Å². The van der Waals surface area contributed by atoms with Gasteiger partial charge in [-0.15, -0.1) is 0 Å². The zero-order valence-electron chi connectivity index (χ0n) is 19.6. The summed E-state index contributed by atoms with van der Waals surface area (Å²) in [6, 6.07) is 18.6. The molecule has 1 aliphatic heterocycles. The van der Waals surface area contributed by atoms with Crippen LogP contribution in [-0.2, 0) is 15.6 Å². The molecule has 3 N–H and O–H groups in total. The molecule has 0 aliphatic carbocycles. The summed E-state index contributed by atoms with van der Waals surface area (Å²) in [7, 11) is -3.98. The van der Waals surface area contributed by atoms with Crippen molar-refractivity contribution in [1.29, 1.82) is 0 Å². The number of β-amino-alcohol motifs (C(OH)–C–C–N with tert-alkyl or cyclic N) is 1. The van der Waals surface area contributed by atoms with Crippen LogP contribution in [0.2, 0.25) is 0 Å². The fourth-order valence-electron chi connectivity index (χ4n) is 4.54. The van der Waals surface area contributed by atoms with Crippen LogP contribution in [0.25, 0.3) is 22.4 Å². The third-order valence-corrected chi connectivity index (χ3v) is 8.39. The normalized spacial score (nSPS) is 18.4. The van der Waals surface area contributed by atoms with E-state index >= 15 is 4.39 Å². The number of rotatable bonds is 5. The first kappa shape index (κ1) is 24.1. The van der Waals surface area contributed by atoms with Gasteiger partial charge < -0.3 is 10.8 Å². The second kappa shape index (κ2) is 9.09. The van der Waals surface area contributed by atoms with Crippen LogP contribution in [-0.4, -0.2) is 40.9 Å². The van der Waals surface area contributed by atoms with Gasteiger partial charge in [0.25, 0.3) is 0 Å². The van der Waals surface area contributed by atoms with Crippen LogP contribution in [0.1, 0.15) is 17.5 Å². The summed E-state index contributed by atoms with van der Waals surface area (Å²) in [6.45, 7) is 1.91. The zero-order chi connectivity index (χ0) is 25.5. The van der Waals surface area contributed by atoms with Gasteiger partial charge in [0.2, 0.25) is 10.0 Å². The molecule has 184 valence electrons. The monoisotopic (exact) mass is 504 g/mol. The lowest BCUT2D eigenvalue weighted by molar-refractivity contribution is 0.0531. The van der Waals surface area contributed by atoms with Crippen LogP contribution in [0, 0.1) is 12.7 Å². The molecule has 0 amide bonds. The summed E-state index contributed by atoms with van der Waals surface area (Å²) in [5.41, 5.74) is 7.07. The third-order valence-electron chi connectivity index (χ3n) is 6.51. The molecule has 1 aliphatic rings. The van der Waals surface area contributed by atoms with E-state index in [9.17, 15) is 13.5 Å². The van der Waals surface area contributed by atoms with Crippen LogP contribution in [0.4, 0.5) is 10.2 Å². The molecule has 0 saturated carbocycles. The molecule has 3 aromatic carbocycles. The van der Waals surface area contributed by atoms with E-state index in [2.05, 4.69) is 9.97 Å². The molecule has 0 radical (unpaired) electrons. The van der Waals surface area contributed by atoms with Gasteiger partial charge in [0.1, 0.15) is 17.2 Å². The molecule has 9 heteroatoms. The summed E-state index contributed by atoms with van der Waals surface area (Å²) in [5.74, 6) is -0.332. The first-order chi connectivity index (χ1) is 17.2. The molecule has 1 saturated heterocycles. The number of hydrogen-bond donors (Lipinski definition) is 2. The highest BCUT2D eigenvalue weighted by atomic mass is 32.2. The second-order valence-corrected chi connectivity index (χ2v) is 10.9. The van der Waals surface area contributed by atoms with Gasteiger partial charge in [-0.05, 0) is 48.2 Å². The highest BCUT2D eigenvalue weighted by molar-refractivity contribution is 7.89. The molecule has 1 unspecified atom stereocenters. The summed E-state index contributed by atoms with van der Waals surface area (Å²) < 4.78 is 44.0. The van der Waals surface area contributed by atoms with E-state index < -0.39 is 21.4 Å². The molecule has 1 atom stereocenters. The minimum atomic E-state index is -3.98. The summed E-state index contributed by atoms with van der Waals surface area (Å²) in [6.07, 6.45) is 3.01.